The molecule has 1 atom stereocenters. The summed E-state index contributed by atoms with van der Waals surface area (Å²) in [6.45, 7) is 7.39. The molecule has 2 aliphatic rings. The number of piperazine rings is 1. The number of amides is 2. The minimum atomic E-state index is -1.17. The number of methoxy groups -OCH3 is 1. The standard InChI is InChI=1S/C31H41BrN2O6/c1-30(2,3)40-29(36)34-17-15-33(16-18-34)28(35)26(31(37)13-9-6-10-14-31)23-19-24(32)27(25(20-23)38-4)39-21-22-11-7-5-8-12-22/h5,7-8,11-12,19-20,26,37H,6,9-10,13-18,21H2,1-4H3. The zero-order valence-corrected chi connectivity index (χ0v) is 25.5. The summed E-state index contributed by atoms with van der Waals surface area (Å²) in [6, 6.07) is 13.5. The number of rotatable bonds is 7. The highest BCUT2D eigenvalue weighted by Crippen LogP contribution is 2.45. The summed E-state index contributed by atoms with van der Waals surface area (Å²) in [5.74, 6) is 0.129. The Morgan fingerprint density at radius 3 is 2.23 bits per heavy atom. The molecule has 8 nitrogen and oxygen atoms in total. The molecule has 0 radical (unpaired) electrons. The molecule has 1 saturated carbocycles. The van der Waals surface area contributed by atoms with Crippen molar-refractivity contribution in [1.29, 1.82) is 0 Å². The van der Waals surface area contributed by atoms with E-state index in [4.69, 9.17) is 14.2 Å². The Bertz CT molecular complexity index is 1170. The molecule has 0 aromatic heterocycles. The molecule has 1 heterocycles. The second-order valence-electron chi connectivity index (χ2n) is 11.7. The van der Waals surface area contributed by atoms with Gasteiger partial charge in [0, 0.05) is 26.2 Å². The minimum absolute atomic E-state index is 0.139. The number of nitrogens with zero attached hydrogens (tertiary/aromatic N) is 2. The van der Waals surface area contributed by atoms with Gasteiger partial charge in [0.15, 0.2) is 11.5 Å². The molecule has 1 N–H and O–H groups in total. The summed E-state index contributed by atoms with van der Waals surface area (Å²) in [5.41, 5.74) is -0.0486. The van der Waals surface area contributed by atoms with E-state index in [1.54, 1.807) is 16.9 Å². The van der Waals surface area contributed by atoms with Crippen molar-refractivity contribution < 1.29 is 28.9 Å². The highest BCUT2D eigenvalue weighted by Gasteiger charge is 2.46. The number of hydrogen-bond acceptors (Lipinski definition) is 6. The number of benzene rings is 2. The van der Waals surface area contributed by atoms with E-state index in [1.165, 1.54) is 0 Å². The first-order valence-corrected chi connectivity index (χ1v) is 14.8. The molecule has 4 rings (SSSR count). The molecular formula is C31H41BrN2O6. The zero-order valence-electron chi connectivity index (χ0n) is 24.0. The van der Waals surface area contributed by atoms with E-state index < -0.39 is 17.1 Å². The van der Waals surface area contributed by atoms with Gasteiger partial charge in [-0.3, -0.25) is 4.79 Å². The first kappa shape index (κ1) is 30.2. The molecule has 1 unspecified atom stereocenters. The molecule has 2 aromatic carbocycles. The van der Waals surface area contributed by atoms with Crippen molar-refractivity contribution in [3.63, 3.8) is 0 Å². The van der Waals surface area contributed by atoms with Crippen LogP contribution in [0.4, 0.5) is 4.79 Å². The number of carbonyl (C=O) groups excluding carboxylic acids is 2. The Morgan fingerprint density at radius 2 is 1.62 bits per heavy atom. The van der Waals surface area contributed by atoms with E-state index in [1.807, 2.05) is 63.2 Å². The number of halogens is 1. The second-order valence-corrected chi connectivity index (χ2v) is 12.6. The van der Waals surface area contributed by atoms with Crippen molar-refractivity contribution in [2.24, 2.45) is 0 Å². The summed E-state index contributed by atoms with van der Waals surface area (Å²) in [5, 5.41) is 11.9. The monoisotopic (exact) mass is 616 g/mol. The van der Waals surface area contributed by atoms with Gasteiger partial charge in [0.05, 0.1) is 23.1 Å². The normalized spacial score (nSPS) is 18.1. The van der Waals surface area contributed by atoms with E-state index in [9.17, 15) is 14.7 Å². The van der Waals surface area contributed by atoms with Crippen molar-refractivity contribution in [2.75, 3.05) is 33.3 Å². The van der Waals surface area contributed by atoms with E-state index in [-0.39, 0.29) is 12.0 Å². The molecule has 218 valence electrons. The van der Waals surface area contributed by atoms with Gasteiger partial charge in [-0.15, -0.1) is 0 Å². The average Bonchev–Trinajstić information content (AvgIpc) is 2.92. The van der Waals surface area contributed by atoms with Crippen LogP contribution in [0, 0.1) is 0 Å². The number of carbonyl (C=O) groups is 2. The summed E-state index contributed by atoms with van der Waals surface area (Å²) in [4.78, 5) is 30.1. The zero-order chi connectivity index (χ0) is 28.9. The third-order valence-corrected chi connectivity index (χ3v) is 8.15. The maximum atomic E-state index is 14.2. The summed E-state index contributed by atoms with van der Waals surface area (Å²) in [7, 11) is 1.57. The third-order valence-electron chi connectivity index (χ3n) is 7.56. The fourth-order valence-electron chi connectivity index (χ4n) is 5.53. The molecule has 2 amide bonds. The van der Waals surface area contributed by atoms with Gasteiger partial charge in [-0.2, -0.15) is 0 Å². The van der Waals surface area contributed by atoms with Crippen LogP contribution >= 0.6 is 15.9 Å². The Hall–Kier alpha value is -2.78. The van der Waals surface area contributed by atoms with Gasteiger partial charge in [-0.25, -0.2) is 4.79 Å². The van der Waals surface area contributed by atoms with Crippen molar-refractivity contribution >= 4 is 27.9 Å². The fourth-order valence-corrected chi connectivity index (χ4v) is 6.10. The first-order valence-electron chi connectivity index (χ1n) is 14.0. The maximum absolute atomic E-state index is 14.2. The lowest BCUT2D eigenvalue weighted by Crippen LogP contribution is -2.55. The Labute approximate surface area is 245 Å². The smallest absolute Gasteiger partial charge is 0.410 e. The quantitative estimate of drug-likeness (QED) is 0.417. The molecule has 1 aliphatic heterocycles. The molecule has 0 bridgehead atoms. The van der Waals surface area contributed by atoms with Crippen molar-refractivity contribution in [3.8, 4) is 11.5 Å². The van der Waals surface area contributed by atoms with Gasteiger partial charge in [0.1, 0.15) is 12.2 Å². The second kappa shape index (κ2) is 12.8. The van der Waals surface area contributed by atoms with E-state index in [0.717, 1.165) is 24.8 Å². The van der Waals surface area contributed by atoms with Crippen LogP contribution in [0.5, 0.6) is 11.5 Å². The minimum Gasteiger partial charge on any atom is -0.493 e. The van der Waals surface area contributed by atoms with Crippen molar-refractivity contribution in [2.45, 2.75) is 76.6 Å². The topological polar surface area (TPSA) is 88.5 Å². The molecule has 0 spiro atoms. The molecule has 1 aliphatic carbocycles. The van der Waals surface area contributed by atoms with Gasteiger partial charge in [0.2, 0.25) is 5.91 Å². The molecule has 1 saturated heterocycles. The number of aliphatic hydroxyl groups is 1. The molecule has 2 fully saturated rings. The molecule has 9 heteroatoms. The molecule has 40 heavy (non-hydrogen) atoms. The SMILES string of the molecule is COc1cc(C(C(=O)N2CCN(C(=O)OC(C)(C)C)CC2)C2(O)CCCCC2)cc(Br)c1OCc1ccccc1. The van der Waals surface area contributed by atoms with Crippen LogP contribution < -0.4 is 9.47 Å². The van der Waals surface area contributed by atoms with Crippen LogP contribution in [0.3, 0.4) is 0 Å². The van der Waals surface area contributed by atoms with Crippen LogP contribution in [0.25, 0.3) is 0 Å². The maximum Gasteiger partial charge on any atom is 0.410 e. The van der Waals surface area contributed by atoms with E-state index >= 15 is 0 Å². The fraction of sp³-hybridized carbons (Fsp3) is 0.548. The Morgan fingerprint density at radius 1 is 1.00 bits per heavy atom. The predicted octanol–water partition coefficient (Wildman–Crippen LogP) is 5.89. The van der Waals surface area contributed by atoms with E-state index in [2.05, 4.69) is 15.9 Å². The number of hydrogen-bond donors (Lipinski definition) is 1. The average molecular weight is 618 g/mol. The lowest BCUT2D eigenvalue weighted by Gasteiger charge is -2.43. The first-order chi connectivity index (χ1) is 19.0. The van der Waals surface area contributed by atoms with Gasteiger partial charge in [0.25, 0.3) is 0 Å². The lowest BCUT2D eigenvalue weighted by molar-refractivity contribution is -0.143. The highest BCUT2D eigenvalue weighted by molar-refractivity contribution is 9.10. The predicted molar refractivity (Wildman–Crippen MR) is 157 cm³/mol. The van der Waals surface area contributed by atoms with Gasteiger partial charge in [-0.1, -0.05) is 49.6 Å². The molecular weight excluding hydrogens is 576 g/mol. The Balaban J connectivity index is 1.58. The van der Waals surface area contributed by atoms with E-state index in [0.29, 0.717) is 67.2 Å². The van der Waals surface area contributed by atoms with Crippen molar-refractivity contribution in [1.82, 2.24) is 9.80 Å². The van der Waals surface area contributed by atoms with Crippen LogP contribution in [-0.2, 0) is 16.1 Å². The summed E-state index contributed by atoms with van der Waals surface area (Å²) < 4.78 is 18.0. The van der Waals surface area contributed by atoms with Crippen molar-refractivity contribution in [3.05, 3.63) is 58.1 Å². The number of ether oxygens (including phenoxy) is 3. The van der Waals surface area contributed by atoms with Gasteiger partial charge < -0.3 is 29.1 Å². The van der Waals surface area contributed by atoms with Crippen LogP contribution in [0.2, 0.25) is 0 Å². The summed E-state index contributed by atoms with van der Waals surface area (Å²) in [6.07, 6.45) is 3.49. The van der Waals surface area contributed by atoms with Gasteiger partial charge in [-0.05, 0) is 72.8 Å². The van der Waals surface area contributed by atoms with Crippen LogP contribution in [0.15, 0.2) is 46.9 Å². The largest absolute Gasteiger partial charge is 0.493 e. The van der Waals surface area contributed by atoms with Gasteiger partial charge >= 0.3 is 6.09 Å². The van der Waals surface area contributed by atoms with Crippen LogP contribution in [-0.4, -0.2) is 71.4 Å². The lowest BCUT2D eigenvalue weighted by atomic mass is 9.72. The highest BCUT2D eigenvalue weighted by atomic mass is 79.9. The van der Waals surface area contributed by atoms with Crippen LogP contribution in [0.1, 0.15) is 69.9 Å². The third kappa shape index (κ3) is 7.29. The molecule has 2 aromatic rings. The Kier molecular flexibility index (Phi) is 9.67. The summed E-state index contributed by atoms with van der Waals surface area (Å²) >= 11 is 3.65.